The van der Waals surface area contributed by atoms with Crippen molar-refractivity contribution in [3.05, 3.63) is 29.8 Å². The lowest BCUT2D eigenvalue weighted by molar-refractivity contribution is 0.206. The van der Waals surface area contributed by atoms with E-state index in [-0.39, 0.29) is 0 Å². The first-order valence-electron chi connectivity index (χ1n) is 6.74. The monoisotopic (exact) mass is 233 g/mol. The lowest BCUT2D eigenvalue weighted by atomic mass is 10.1. The Hall–Kier alpha value is -1.02. The molecular weight excluding hydrogens is 210 g/mol. The number of ether oxygens (including phenoxy) is 1. The topological polar surface area (TPSA) is 21.3 Å². The summed E-state index contributed by atoms with van der Waals surface area (Å²) < 4.78 is 6.00. The van der Waals surface area contributed by atoms with Crippen LogP contribution in [0.1, 0.15) is 38.2 Å². The summed E-state index contributed by atoms with van der Waals surface area (Å²) in [7, 11) is 2.03. The van der Waals surface area contributed by atoms with Gasteiger partial charge in [-0.1, -0.05) is 25.5 Å². The van der Waals surface area contributed by atoms with E-state index in [0.717, 1.165) is 18.6 Å². The van der Waals surface area contributed by atoms with Gasteiger partial charge in [0.25, 0.3) is 0 Å². The molecule has 0 spiro atoms. The normalized spacial score (nSPS) is 23.9. The molecule has 2 unspecified atom stereocenters. The summed E-state index contributed by atoms with van der Waals surface area (Å²) >= 11 is 0. The molecule has 0 amide bonds. The maximum absolute atomic E-state index is 6.00. The highest BCUT2D eigenvalue weighted by Gasteiger charge is 2.24. The third-order valence-corrected chi connectivity index (χ3v) is 3.56. The van der Waals surface area contributed by atoms with Gasteiger partial charge in [-0.3, -0.25) is 0 Å². The third kappa shape index (κ3) is 3.47. The van der Waals surface area contributed by atoms with E-state index in [0.29, 0.717) is 12.1 Å². The van der Waals surface area contributed by atoms with Crippen LogP contribution >= 0.6 is 0 Å². The number of benzene rings is 1. The van der Waals surface area contributed by atoms with Crippen LogP contribution in [0.25, 0.3) is 0 Å². The van der Waals surface area contributed by atoms with Crippen LogP contribution in [0.3, 0.4) is 0 Å². The van der Waals surface area contributed by atoms with E-state index in [1.807, 2.05) is 7.05 Å². The molecule has 2 atom stereocenters. The molecule has 17 heavy (non-hydrogen) atoms. The van der Waals surface area contributed by atoms with E-state index in [9.17, 15) is 0 Å². The molecular formula is C15H23NO. The molecule has 0 bridgehead atoms. The second kappa shape index (κ2) is 6.06. The highest BCUT2D eigenvalue weighted by atomic mass is 16.5. The van der Waals surface area contributed by atoms with Crippen molar-refractivity contribution in [2.24, 2.45) is 0 Å². The second-order valence-electron chi connectivity index (χ2n) is 4.93. The van der Waals surface area contributed by atoms with Crippen molar-refractivity contribution in [3.8, 4) is 5.75 Å². The first-order chi connectivity index (χ1) is 8.31. The van der Waals surface area contributed by atoms with Gasteiger partial charge in [-0.2, -0.15) is 0 Å². The summed E-state index contributed by atoms with van der Waals surface area (Å²) in [6.45, 7) is 2.21. The first kappa shape index (κ1) is 12.4. The van der Waals surface area contributed by atoms with Crippen LogP contribution in [-0.2, 0) is 6.42 Å². The Morgan fingerprint density at radius 2 is 2.00 bits per heavy atom. The minimum absolute atomic E-state index is 0.393. The first-order valence-corrected chi connectivity index (χ1v) is 6.74. The van der Waals surface area contributed by atoms with Crippen LogP contribution in [0.15, 0.2) is 24.3 Å². The second-order valence-corrected chi connectivity index (χ2v) is 4.93. The van der Waals surface area contributed by atoms with Crippen LogP contribution in [0.2, 0.25) is 0 Å². The predicted octanol–water partition coefficient (Wildman–Crippen LogP) is 3.16. The molecule has 0 aliphatic heterocycles. The van der Waals surface area contributed by atoms with Gasteiger partial charge in [-0.05, 0) is 50.4 Å². The van der Waals surface area contributed by atoms with Crippen LogP contribution in [0.5, 0.6) is 5.75 Å². The van der Waals surface area contributed by atoms with Gasteiger partial charge in [0.2, 0.25) is 0 Å². The average molecular weight is 233 g/mol. The Kier molecular flexibility index (Phi) is 4.43. The number of rotatable bonds is 5. The van der Waals surface area contributed by atoms with Gasteiger partial charge in [0.05, 0.1) is 0 Å². The van der Waals surface area contributed by atoms with Crippen molar-refractivity contribution < 1.29 is 4.74 Å². The molecule has 0 aromatic heterocycles. The zero-order chi connectivity index (χ0) is 12.1. The van der Waals surface area contributed by atoms with E-state index in [4.69, 9.17) is 4.74 Å². The quantitative estimate of drug-likeness (QED) is 0.843. The Balaban J connectivity index is 1.86. The fourth-order valence-electron chi connectivity index (χ4n) is 2.53. The SMILES string of the molecule is CCCc1ccc(OC2CCC(NC)C2)cc1. The summed E-state index contributed by atoms with van der Waals surface area (Å²) in [5.74, 6) is 1.02. The van der Waals surface area contributed by atoms with Crippen molar-refractivity contribution in [3.63, 3.8) is 0 Å². The fourth-order valence-corrected chi connectivity index (χ4v) is 2.53. The van der Waals surface area contributed by atoms with Crippen molar-refractivity contribution in [2.75, 3.05) is 7.05 Å². The molecule has 1 aliphatic carbocycles. The van der Waals surface area contributed by atoms with Crippen LogP contribution in [0, 0.1) is 0 Å². The smallest absolute Gasteiger partial charge is 0.119 e. The zero-order valence-electron chi connectivity index (χ0n) is 10.9. The molecule has 1 aliphatic rings. The maximum atomic E-state index is 6.00. The molecule has 2 rings (SSSR count). The van der Waals surface area contributed by atoms with Crippen LogP contribution in [0.4, 0.5) is 0 Å². The molecule has 0 saturated heterocycles. The van der Waals surface area contributed by atoms with Crippen molar-refractivity contribution in [1.82, 2.24) is 5.32 Å². The molecule has 0 radical (unpaired) electrons. The zero-order valence-corrected chi connectivity index (χ0v) is 10.9. The number of nitrogens with one attached hydrogen (secondary N) is 1. The highest BCUT2D eigenvalue weighted by molar-refractivity contribution is 5.27. The Morgan fingerprint density at radius 1 is 1.24 bits per heavy atom. The fraction of sp³-hybridized carbons (Fsp3) is 0.600. The van der Waals surface area contributed by atoms with E-state index < -0.39 is 0 Å². The van der Waals surface area contributed by atoms with E-state index in [1.165, 1.54) is 24.8 Å². The van der Waals surface area contributed by atoms with Gasteiger partial charge in [-0.25, -0.2) is 0 Å². The van der Waals surface area contributed by atoms with Crippen LogP contribution < -0.4 is 10.1 Å². The van der Waals surface area contributed by atoms with E-state index in [1.54, 1.807) is 0 Å². The number of aryl methyl sites for hydroxylation is 1. The average Bonchev–Trinajstić information content (AvgIpc) is 2.80. The lowest BCUT2D eigenvalue weighted by Gasteiger charge is -2.14. The Bertz CT molecular complexity index is 333. The van der Waals surface area contributed by atoms with E-state index in [2.05, 4.69) is 36.5 Å². The molecule has 1 N–H and O–H groups in total. The molecule has 1 aromatic carbocycles. The molecule has 94 valence electrons. The number of hydrogen-bond donors (Lipinski definition) is 1. The summed E-state index contributed by atoms with van der Waals surface area (Å²) in [6.07, 6.45) is 6.28. The summed E-state index contributed by atoms with van der Waals surface area (Å²) in [4.78, 5) is 0. The van der Waals surface area contributed by atoms with Gasteiger partial charge in [0.15, 0.2) is 0 Å². The molecule has 1 saturated carbocycles. The molecule has 0 heterocycles. The van der Waals surface area contributed by atoms with Gasteiger partial charge in [0, 0.05) is 6.04 Å². The van der Waals surface area contributed by atoms with Crippen LogP contribution in [-0.4, -0.2) is 19.2 Å². The Morgan fingerprint density at radius 3 is 2.59 bits per heavy atom. The van der Waals surface area contributed by atoms with Crippen molar-refractivity contribution >= 4 is 0 Å². The number of hydrogen-bond acceptors (Lipinski definition) is 2. The molecule has 1 fully saturated rings. The standard InChI is InChI=1S/C15H23NO/c1-3-4-12-5-8-14(9-6-12)17-15-10-7-13(11-15)16-2/h5-6,8-9,13,15-16H,3-4,7,10-11H2,1-2H3. The van der Waals surface area contributed by atoms with Crippen molar-refractivity contribution in [1.29, 1.82) is 0 Å². The molecule has 2 nitrogen and oxygen atoms in total. The summed E-state index contributed by atoms with van der Waals surface area (Å²) in [6, 6.07) is 9.22. The predicted molar refractivity (Wildman–Crippen MR) is 71.6 cm³/mol. The lowest BCUT2D eigenvalue weighted by Crippen LogP contribution is -2.23. The molecule has 2 heteroatoms. The van der Waals surface area contributed by atoms with E-state index >= 15 is 0 Å². The van der Waals surface area contributed by atoms with Gasteiger partial charge >= 0.3 is 0 Å². The van der Waals surface area contributed by atoms with Crippen molar-refractivity contribution in [2.45, 2.75) is 51.2 Å². The molecule has 1 aromatic rings. The highest BCUT2D eigenvalue weighted by Crippen LogP contribution is 2.24. The van der Waals surface area contributed by atoms with Gasteiger partial charge in [-0.15, -0.1) is 0 Å². The minimum atomic E-state index is 0.393. The maximum Gasteiger partial charge on any atom is 0.119 e. The minimum Gasteiger partial charge on any atom is -0.490 e. The summed E-state index contributed by atoms with van der Waals surface area (Å²) in [5.41, 5.74) is 1.40. The van der Waals surface area contributed by atoms with Gasteiger partial charge in [0.1, 0.15) is 11.9 Å². The third-order valence-electron chi connectivity index (χ3n) is 3.56. The largest absolute Gasteiger partial charge is 0.490 e. The van der Waals surface area contributed by atoms with Gasteiger partial charge < -0.3 is 10.1 Å². The summed E-state index contributed by atoms with van der Waals surface area (Å²) in [5, 5.41) is 3.33. The Labute approximate surface area is 104 Å².